The third-order valence-electron chi connectivity index (χ3n) is 0. The molecule has 0 aliphatic rings. The van der Waals surface area contributed by atoms with Crippen molar-refractivity contribution in [2.75, 3.05) is 0 Å². The summed E-state index contributed by atoms with van der Waals surface area (Å²) >= 11 is -0.363. The summed E-state index contributed by atoms with van der Waals surface area (Å²) < 4.78 is 0. The quantitative estimate of drug-likeness (QED) is 0.563. The summed E-state index contributed by atoms with van der Waals surface area (Å²) in [4.78, 5) is 0. The Hall–Kier alpha value is 1.62. The predicted octanol–water partition coefficient (Wildman–Crippen LogP) is 1.29. The predicted molar refractivity (Wildman–Crippen MR) is 15.2 cm³/mol. The normalized spacial score (nSPS) is 3.00. The van der Waals surface area contributed by atoms with Gasteiger partial charge in [-0.1, -0.05) is 0 Å². The third kappa shape index (κ3) is 9.47. The first-order chi connectivity index (χ1) is 1.41. The Morgan fingerprint density at radius 2 is 1.25 bits per heavy atom. The molecule has 0 saturated heterocycles. The van der Waals surface area contributed by atoms with Crippen LogP contribution in [0.3, 0.4) is 0 Å². The SMILES string of the molecule is [Ni].[S]=[Mo]=[S]. The van der Waals surface area contributed by atoms with Gasteiger partial charge in [-0.05, 0) is 0 Å². The molecule has 0 saturated carbocycles. The van der Waals surface area contributed by atoms with Crippen molar-refractivity contribution in [3.8, 4) is 0 Å². The summed E-state index contributed by atoms with van der Waals surface area (Å²) in [5.74, 6) is 0. The van der Waals surface area contributed by atoms with Gasteiger partial charge in [-0.25, -0.2) is 0 Å². The first-order valence-electron chi connectivity index (χ1n) is 0.333. The van der Waals surface area contributed by atoms with Crippen molar-refractivity contribution in [3.05, 3.63) is 0 Å². The van der Waals surface area contributed by atoms with Crippen molar-refractivity contribution in [1.82, 2.24) is 0 Å². The van der Waals surface area contributed by atoms with Crippen LogP contribution < -0.4 is 0 Å². The van der Waals surface area contributed by atoms with Crippen LogP contribution in [0.4, 0.5) is 0 Å². The van der Waals surface area contributed by atoms with E-state index >= 15 is 0 Å². The van der Waals surface area contributed by atoms with Crippen molar-refractivity contribution in [2.24, 2.45) is 0 Å². The van der Waals surface area contributed by atoms with Crippen LogP contribution in [0.25, 0.3) is 0 Å². The minimum absolute atomic E-state index is 0. The molecule has 0 heterocycles. The van der Waals surface area contributed by atoms with E-state index in [-0.39, 0.29) is 31.4 Å². The molecule has 0 aromatic rings. The van der Waals surface area contributed by atoms with Crippen LogP contribution in [0.15, 0.2) is 0 Å². The summed E-state index contributed by atoms with van der Waals surface area (Å²) in [6, 6.07) is 0. The molecule has 0 bridgehead atoms. The molecule has 28 valence electrons. The van der Waals surface area contributed by atoms with Gasteiger partial charge in [0.05, 0.1) is 0 Å². The van der Waals surface area contributed by atoms with E-state index < -0.39 is 0 Å². The van der Waals surface area contributed by atoms with Crippen molar-refractivity contribution < 1.29 is 31.4 Å². The van der Waals surface area contributed by atoms with Crippen LogP contribution in [0.2, 0.25) is 0 Å². The van der Waals surface area contributed by atoms with E-state index in [9.17, 15) is 0 Å². The van der Waals surface area contributed by atoms with E-state index in [4.69, 9.17) is 0 Å². The molecule has 0 aromatic carbocycles. The zero-order valence-corrected chi connectivity index (χ0v) is 6.17. The fourth-order valence-electron chi connectivity index (χ4n) is 0. The number of rotatable bonds is 0. The zero-order valence-electron chi connectivity index (χ0n) is 1.54. The van der Waals surface area contributed by atoms with E-state index in [1.807, 2.05) is 0 Å². The second kappa shape index (κ2) is 8.82. The van der Waals surface area contributed by atoms with E-state index in [1.165, 1.54) is 0 Å². The van der Waals surface area contributed by atoms with Crippen LogP contribution in [0.1, 0.15) is 0 Å². The van der Waals surface area contributed by atoms with Gasteiger partial charge in [0.1, 0.15) is 0 Å². The summed E-state index contributed by atoms with van der Waals surface area (Å²) in [6.07, 6.45) is 0. The van der Waals surface area contributed by atoms with Crippen LogP contribution in [-0.4, -0.2) is 0 Å². The molecule has 0 N–H and O–H groups in total. The van der Waals surface area contributed by atoms with Gasteiger partial charge in [0.15, 0.2) is 0 Å². The van der Waals surface area contributed by atoms with Crippen molar-refractivity contribution in [3.63, 3.8) is 0 Å². The molecule has 0 aliphatic heterocycles. The second-order valence-electron chi connectivity index (χ2n) is 0.0680. The summed E-state index contributed by atoms with van der Waals surface area (Å²) in [5.41, 5.74) is 0. The van der Waals surface area contributed by atoms with Gasteiger partial charge in [-0.15, -0.1) is 0 Å². The minimum atomic E-state index is -0.363. The molecule has 0 aliphatic carbocycles. The first kappa shape index (κ1) is 9.15. The molecule has 0 nitrogen and oxygen atoms in total. The first-order valence-corrected chi connectivity index (χ1v) is 5.92. The topological polar surface area (TPSA) is 0 Å². The van der Waals surface area contributed by atoms with Gasteiger partial charge in [0.25, 0.3) is 0 Å². The summed E-state index contributed by atoms with van der Waals surface area (Å²) in [6.45, 7) is 0. The second-order valence-corrected chi connectivity index (χ2v) is 3.62. The molecule has 0 rings (SSSR count). The Kier molecular flexibility index (Phi) is 20.2. The molecule has 0 atom stereocenters. The van der Waals surface area contributed by atoms with E-state index in [1.54, 1.807) is 0 Å². The molecule has 0 spiro atoms. The standard InChI is InChI=1S/Mo.Ni.2S. The molecular weight excluding hydrogens is 219 g/mol. The molecule has 0 amide bonds. The maximum absolute atomic E-state index is 4.34. The molecule has 0 unspecified atom stereocenters. The Morgan fingerprint density at radius 3 is 1.25 bits per heavy atom. The average Bonchev–Trinajstić information content (AvgIpc) is 0.918. The summed E-state index contributed by atoms with van der Waals surface area (Å²) in [5, 5.41) is 0. The van der Waals surface area contributed by atoms with Gasteiger partial charge in [-0.2, -0.15) is 0 Å². The van der Waals surface area contributed by atoms with Gasteiger partial charge in [0.2, 0.25) is 0 Å². The Morgan fingerprint density at radius 1 is 1.25 bits per heavy atom. The fraction of sp³-hybridized carbons (Fsp3) is 0. The number of hydrogen-bond donors (Lipinski definition) is 0. The van der Waals surface area contributed by atoms with Crippen molar-refractivity contribution >= 4 is 19.6 Å². The molecule has 0 radical (unpaired) electrons. The maximum atomic E-state index is 4.34. The van der Waals surface area contributed by atoms with E-state index in [0.29, 0.717) is 0 Å². The Balaban J connectivity index is 0. The fourth-order valence-corrected chi connectivity index (χ4v) is 0. The third-order valence-corrected chi connectivity index (χ3v) is 0. The van der Waals surface area contributed by atoms with Crippen molar-refractivity contribution in [1.29, 1.82) is 0 Å². The summed E-state index contributed by atoms with van der Waals surface area (Å²) in [7, 11) is 8.68. The zero-order chi connectivity index (χ0) is 2.71. The van der Waals surface area contributed by atoms with Gasteiger partial charge >= 0.3 is 34.6 Å². The van der Waals surface area contributed by atoms with E-state index in [0.717, 1.165) is 0 Å². The number of hydrogen-bond acceptors (Lipinski definition) is 2. The van der Waals surface area contributed by atoms with Crippen molar-refractivity contribution in [2.45, 2.75) is 0 Å². The Labute approximate surface area is 50.7 Å². The van der Waals surface area contributed by atoms with E-state index in [2.05, 4.69) is 19.6 Å². The average molecular weight is 219 g/mol. The molecule has 0 fully saturated rings. The van der Waals surface area contributed by atoms with Crippen LogP contribution >= 0.6 is 19.6 Å². The van der Waals surface area contributed by atoms with Crippen LogP contribution in [-0.2, 0) is 31.4 Å². The van der Waals surface area contributed by atoms with Gasteiger partial charge < -0.3 is 0 Å². The molecule has 0 aromatic heterocycles. The van der Waals surface area contributed by atoms with Crippen LogP contribution in [0.5, 0.6) is 0 Å². The molecular formula is MoNiS2. The Bertz CT molecular complexity index is 27.0. The van der Waals surface area contributed by atoms with Gasteiger partial charge in [0, 0.05) is 16.5 Å². The van der Waals surface area contributed by atoms with Crippen LogP contribution in [0, 0.1) is 0 Å². The molecule has 4 heteroatoms. The molecule has 4 heavy (non-hydrogen) atoms. The monoisotopic (exact) mass is 220 g/mol. The van der Waals surface area contributed by atoms with Gasteiger partial charge in [-0.3, -0.25) is 0 Å².